The summed E-state index contributed by atoms with van der Waals surface area (Å²) in [6.07, 6.45) is 0.370. The summed E-state index contributed by atoms with van der Waals surface area (Å²) in [5.74, 6) is -1.52. The molecule has 0 aliphatic carbocycles. The topological polar surface area (TPSA) is 113 Å². The molecule has 0 spiro atoms. The van der Waals surface area contributed by atoms with E-state index in [-0.39, 0.29) is 44.4 Å². The van der Waals surface area contributed by atoms with E-state index in [1.807, 2.05) is 0 Å². The van der Waals surface area contributed by atoms with E-state index in [4.69, 9.17) is 9.84 Å². The van der Waals surface area contributed by atoms with Crippen LogP contribution in [-0.2, 0) is 24.2 Å². The lowest BCUT2D eigenvalue weighted by Gasteiger charge is -2.26. The van der Waals surface area contributed by atoms with Gasteiger partial charge in [0.25, 0.3) is 0 Å². The van der Waals surface area contributed by atoms with Crippen molar-refractivity contribution in [3.63, 3.8) is 0 Å². The molecule has 21 heavy (non-hydrogen) atoms. The fourth-order valence-electron chi connectivity index (χ4n) is 2.20. The van der Waals surface area contributed by atoms with Gasteiger partial charge < -0.3 is 20.1 Å². The first kappa shape index (κ1) is 17.9. The van der Waals surface area contributed by atoms with Crippen molar-refractivity contribution in [2.75, 3.05) is 44.4 Å². The van der Waals surface area contributed by atoms with Gasteiger partial charge in [0.05, 0.1) is 31.3 Å². The number of likely N-dealkylation sites (N-methyl/N-ethyl adjacent to an activating group) is 1. The van der Waals surface area contributed by atoms with E-state index in [1.54, 1.807) is 6.92 Å². The van der Waals surface area contributed by atoms with E-state index >= 15 is 0 Å². The average molecular weight is 322 g/mol. The number of hydrogen-bond acceptors (Lipinski definition) is 6. The molecule has 1 heterocycles. The Morgan fingerprint density at radius 3 is 2.62 bits per heavy atom. The summed E-state index contributed by atoms with van der Waals surface area (Å²) in [5.41, 5.74) is 0. The van der Waals surface area contributed by atoms with Gasteiger partial charge in [-0.15, -0.1) is 0 Å². The molecular weight excluding hydrogens is 300 g/mol. The molecule has 1 unspecified atom stereocenters. The number of ether oxygens (including phenoxy) is 1. The van der Waals surface area contributed by atoms with Gasteiger partial charge in [0.15, 0.2) is 9.84 Å². The van der Waals surface area contributed by atoms with E-state index in [0.717, 1.165) is 0 Å². The highest BCUT2D eigenvalue weighted by molar-refractivity contribution is 7.91. The quantitative estimate of drug-likeness (QED) is 0.420. The molecule has 1 saturated heterocycles. The van der Waals surface area contributed by atoms with Crippen molar-refractivity contribution in [3.8, 4) is 0 Å². The van der Waals surface area contributed by atoms with Gasteiger partial charge in [-0.3, -0.25) is 9.59 Å². The van der Waals surface area contributed by atoms with Gasteiger partial charge in [-0.2, -0.15) is 0 Å². The Morgan fingerprint density at radius 2 is 2.10 bits per heavy atom. The molecule has 1 aliphatic heterocycles. The first-order chi connectivity index (χ1) is 9.91. The smallest absolute Gasteiger partial charge is 0.312 e. The second-order valence-corrected chi connectivity index (χ2v) is 6.97. The summed E-state index contributed by atoms with van der Waals surface area (Å²) in [5, 5.41) is 10.9. The van der Waals surface area contributed by atoms with Gasteiger partial charge >= 0.3 is 11.8 Å². The van der Waals surface area contributed by atoms with Crippen molar-refractivity contribution in [1.82, 2.24) is 10.2 Å². The standard InChI is InChI=1S/C12H22N2O6S/c1-2-14(10-3-8-21(18,19)9-10)12(17)11(16)13-4-6-20-7-5-15/h10,15H,2-9H2,1H3,(H,13,16). The molecule has 2 N–H and O–H groups in total. The van der Waals surface area contributed by atoms with Crippen LogP contribution in [0, 0.1) is 0 Å². The van der Waals surface area contributed by atoms with Crippen molar-refractivity contribution in [2.24, 2.45) is 0 Å². The summed E-state index contributed by atoms with van der Waals surface area (Å²) >= 11 is 0. The van der Waals surface area contributed by atoms with E-state index in [2.05, 4.69) is 5.32 Å². The van der Waals surface area contributed by atoms with Gasteiger partial charge in [-0.05, 0) is 13.3 Å². The fraction of sp³-hybridized carbons (Fsp3) is 0.833. The number of hydrogen-bond donors (Lipinski definition) is 2. The predicted molar refractivity (Wildman–Crippen MR) is 75.4 cm³/mol. The molecular formula is C12H22N2O6S. The number of aliphatic hydroxyl groups excluding tert-OH is 1. The zero-order valence-corrected chi connectivity index (χ0v) is 12.9. The number of amides is 2. The number of aliphatic hydroxyl groups is 1. The molecule has 0 aromatic heterocycles. The molecule has 0 aromatic rings. The van der Waals surface area contributed by atoms with Crippen LogP contribution in [0.25, 0.3) is 0 Å². The first-order valence-corrected chi connectivity index (χ1v) is 8.71. The first-order valence-electron chi connectivity index (χ1n) is 6.89. The Balaban J connectivity index is 2.45. The Labute approximate surface area is 124 Å². The molecule has 2 amide bonds. The molecule has 8 nitrogen and oxygen atoms in total. The van der Waals surface area contributed by atoms with Crippen molar-refractivity contribution < 1.29 is 27.9 Å². The zero-order chi connectivity index (χ0) is 15.9. The molecule has 1 aliphatic rings. The minimum atomic E-state index is -3.11. The highest BCUT2D eigenvalue weighted by Gasteiger charge is 2.35. The normalized spacial score (nSPS) is 20.2. The van der Waals surface area contributed by atoms with Crippen LogP contribution in [0.3, 0.4) is 0 Å². The van der Waals surface area contributed by atoms with E-state index in [1.165, 1.54) is 4.90 Å². The monoisotopic (exact) mass is 322 g/mol. The number of nitrogens with zero attached hydrogens (tertiary/aromatic N) is 1. The maximum absolute atomic E-state index is 12.0. The van der Waals surface area contributed by atoms with Crippen molar-refractivity contribution in [3.05, 3.63) is 0 Å². The Kier molecular flexibility index (Phi) is 7.06. The number of carbonyl (C=O) groups is 2. The molecule has 1 fully saturated rings. The van der Waals surface area contributed by atoms with E-state index in [0.29, 0.717) is 6.42 Å². The number of rotatable bonds is 7. The Bertz CT molecular complexity index is 464. The summed E-state index contributed by atoms with van der Waals surface area (Å²) in [4.78, 5) is 25.1. The number of sulfone groups is 1. The van der Waals surface area contributed by atoms with Crippen molar-refractivity contribution >= 4 is 21.7 Å². The van der Waals surface area contributed by atoms with Crippen molar-refractivity contribution in [1.29, 1.82) is 0 Å². The van der Waals surface area contributed by atoms with E-state index < -0.39 is 27.7 Å². The summed E-state index contributed by atoms with van der Waals surface area (Å²) in [7, 11) is -3.11. The third-order valence-electron chi connectivity index (χ3n) is 3.21. The van der Waals surface area contributed by atoms with Gasteiger partial charge in [-0.25, -0.2) is 8.42 Å². The summed E-state index contributed by atoms with van der Waals surface area (Å²) < 4.78 is 27.9. The molecule has 9 heteroatoms. The largest absolute Gasteiger partial charge is 0.394 e. The van der Waals surface area contributed by atoms with Crippen LogP contribution in [-0.4, -0.2) is 80.7 Å². The summed E-state index contributed by atoms with van der Waals surface area (Å²) in [6.45, 7) is 2.42. The molecule has 0 aromatic carbocycles. The molecule has 0 bridgehead atoms. The van der Waals surface area contributed by atoms with Gasteiger partial charge in [0.1, 0.15) is 0 Å². The third-order valence-corrected chi connectivity index (χ3v) is 4.96. The zero-order valence-electron chi connectivity index (χ0n) is 12.1. The van der Waals surface area contributed by atoms with Crippen molar-refractivity contribution in [2.45, 2.75) is 19.4 Å². The van der Waals surface area contributed by atoms with Crippen LogP contribution in [0.5, 0.6) is 0 Å². The lowest BCUT2D eigenvalue weighted by Crippen LogP contribution is -2.48. The maximum Gasteiger partial charge on any atom is 0.312 e. The lowest BCUT2D eigenvalue weighted by molar-refractivity contribution is -0.147. The lowest BCUT2D eigenvalue weighted by atomic mass is 10.2. The fourth-order valence-corrected chi connectivity index (χ4v) is 3.93. The highest BCUT2D eigenvalue weighted by Crippen LogP contribution is 2.17. The van der Waals surface area contributed by atoms with Crippen LogP contribution in [0.4, 0.5) is 0 Å². The van der Waals surface area contributed by atoms with Gasteiger partial charge in [0, 0.05) is 19.1 Å². The van der Waals surface area contributed by atoms with Crippen LogP contribution in [0.15, 0.2) is 0 Å². The third kappa shape index (κ3) is 5.60. The molecule has 1 rings (SSSR count). The predicted octanol–water partition coefficient (Wildman–Crippen LogP) is -1.85. The Hall–Kier alpha value is -1.19. The SMILES string of the molecule is CCN(C(=O)C(=O)NCCOCCO)C1CCS(=O)(=O)C1. The molecule has 122 valence electrons. The van der Waals surface area contributed by atoms with Gasteiger partial charge in [-0.1, -0.05) is 0 Å². The van der Waals surface area contributed by atoms with Crippen LogP contribution < -0.4 is 5.32 Å². The number of nitrogens with one attached hydrogen (secondary N) is 1. The molecule has 0 radical (unpaired) electrons. The molecule has 1 atom stereocenters. The minimum Gasteiger partial charge on any atom is -0.394 e. The van der Waals surface area contributed by atoms with Crippen LogP contribution >= 0.6 is 0 Å². The average Bonchev–Trinajstić information content (AvgIpc) is 2.79. The second kappa shape index (κ2) is 8.30. The summed E-state index contributed by atoms with van der Waals surface area (Å²) in [6, 6.07) is -0.427. The highest BCUT2D eigenvalue weighted by atomic mass is 32.2. The number of carbonyl (C=O) groups excluding carboxylic acids is 2. The molecule has 0 saturated carbocycles. The van der Waals surface area contributed by atoms with Gasteiger partial charge in [0.2, 0.25) is 0 Å². The Morgan fingerprint density at radius 1 is 1.38 bits per heavy atom. The van der Waals surface area contributed by atoms with Crippen LogP contribution in [0.2, 0.25) is 0 Å². The minimum absolute atomic E-state index is 0.0536. The maximum atomic E-state index is 12.0. The van der Waals surface area contributed by atoms with Crippen LogP contribution in [0.1, 0.15) is 13.3 Å². The second-order valence-electron chi connectivity index (χ2n) is 4.74. The van der Waals surface area contributed by atoms with E-state index in [9.17, 15) is 18.0 Å².